The van der Waals surface area contributed by atoms with Gasteiger partial charge in [-0.2, -0.15) is 0 Å². The molecule has 2 saturated heterocycles. The predicted molar refractivity (Wildman–Crippen MR) is 156 cm³/mol. The zero-order valence-electron chi connectivity index (χ0n) is 22.2. The molecule has 0 bridgehead atoms. The van der Waals surface area contributed by atoms with Crippen molar-refractivity contribution in [2.75, 3.05) is 13.2 Å². The Balaban J connectivity index is 1.32. The van der Waals surface area contributed by atoms with Crippen LogP contribution in [0.2, 0.25) is 0 Å². The van der Waals surface area contributed by atoms with E-state index in [0.29, 0.717) is 11.5 Å². The summed E-state index contributed by atoms with van der Waals surface area (Å²) >= 11 is 2.30. The summed E-state index contributed by atoms with van der Waals surface area (Å²) in [4.78, 5) is 0. The smallest absolute Gasteiger partial charge is 0.199 e. The largest absolute Gasteiger partial charge is 0.484 e. The molecule has 5 atom stereocenters. The molecule has 0 saturated carbocycles. The molecular weight excluding hydrogens is 607 g/mol. The maximum atomic E-state index is 12.2. The fraction of sp³-hybridized carbons (Fsp3) is 0.438. The van der Waals surface area contributed by atoms with Gasteiger partial charge < -0.3 is 28.8 Å². The number of fused-ring (bicyclic) bond motifs is 1. The fourth-order valence-electron chi connectivity index (χ4n) is 5.84. The van der Waals surface area contributed by atoms with Gasteiger partial charge in [0.2, 0.25) is 0 Å². The highest BCUT2D eigenvalue weighted by Crippen LogP contribution is 2.54. The Hall–Kier alpha value is -2.33. The van der Waals surface area contributed by atoms with Crippen LogP contribution in [0.1, 0.15) is 74.2 Å². The van der Waals surface area contributed by atoms with Gasteiger partial charge in [0.05, 0.1) is 19.1 Å². The summed E-state index contributed by atoms with van der Waals surface area (Å²) < 4.78 is 31.6. The van der Waals surface area contributed by atoms with Gasteiger partial charge >= 0.3 is 0 Å². The van der Waals surface area contributed by atoms with E-state index in [1.54, 1.807) is 0 Å². The van der Waals surface area contributed by atoms with E-state index < -0.39 is 11.7 Å². The monoisotopic (exact) mass is 642 g/mol. The number of hydrogen-bond acceptors (Lipinski definition) is 6. The lowest BCUT2D eigenvalue weighted by Gasteiger charge is -2.44. The lowest BCUT2D eigenvalue weighted by atomic mass is 9.71. The first-order chi connectivity index (χ1) is 19.0. The molecule has 3 aromatic rings. The van der Waals surface area contributed by atoms with Crippen LogP contribution in [-0.4, -0.2) is 30.9 Å². The van der Waals surface area contributed by atoms with Crippen molar-refractivity contribution < 1.29 is 28.8 Å². The Morgan fingerprint density at radius 1 is 0.769 bits per heavy atom. The van der Waals surface area contributed by atoms with Gasteiger partial charge in [-0.3, -0.25) is 0 Å². The number of aliphatic hydroxyl groups is 1. The van der Waals surface area contributed by atoms with Crippen LogP contribution in [0.4, 0.5) is 0 Å². The number of hydrogen-bond donors (Lipinski definition) is 1. The first-order valence-electron chi connectivity index (χ1n) is 13.9. The second-order valence-corrected chi connectivity index (χ2v) is 12.0. The van der Waals surface area contributed by atoms with Crippen LogP contribution >= 0.6 is 22.6 Å². The van der Waals surface area contributed by atoms with Gasteiger partial charge in [0.25, 0.3) is 0 Å². The molecular formula is C32H35IO6. The summed E-state index contributed by atoms with van der Waals surface area (Å²) in [6.45, 7) is 3.33. The maximum Gasteiger partial charge on any atom is 0.199 e. The van der Waals surface area contributed by atoms with Gasteiger partial charge in [-0.1, -0.05) is 24.3 Å². The Morgan fingerprint density at radius 2 is 1.36 bits per heavy atom. The van der Waals surface area contributed by atoms with Gasteiger partial charge in [-0.05, 0) is 103 Å². The van der Waals surface area contributed by atoms with Crippen LogP contribution in [0.3, 0.4) is 0 Å². The van der Waals surface area contributed by atoms with E-state index in [4.69, 9.17) is 23.7 Å². The first-order valence-corrected chi connectivity index (χ1v) is 15.0. The highest BCUT2D eigenvalue weighted by molar-refractivity contribution is 14.1. The summed E-state index contributed by atoms with van der Waals surface area (Å²) in [5.74, 6) is 1.73. The van der Waals surface area contributed by atoms with Crippen molar-refractivity contribution in [1.29, 1.82) is 0 Å². The third-order valence-corrected chi connectivity index (χ3v) is 8.63. The normalized spacial score (nSPS) is 28.7. The Labute approximate surface area is 243 Å². The van der Waals surface area contributed by atoms with Gasteiger partial charge in [0, 0.05) is 28.0 Å². The molecule has 2 fully saturated rings. The second-order valence-electron chi connectivity index (χ2n) is 10.8. The van der Waals surface area contributed by atoms with E-state index in [-0.39, 0.29) is 18.5 Å². The summed E-state index contributed by atoms with van der Waals surface area (Å²) in [6, 6.07) is 22.0. The second kappa shape index (κ2) is 11.6. The minimum absolute atomic E-state index is 0.201. The summed E-state index contributed by atoms with van der Waals surface area (Å²) in [7, 11) is 0. The van der Waals surface area contributed by atoms with Crippen LogP contribution in [-0.2, 0) is 15.1 Å². The molecule has 39 heavy (non-hydrogen) atoms. The van der Waals surface area contributed by atoms with Crippen molar-refractivity contribution in [3.8, 4) is 17.2 Å². The lowest BCUT2D eigenvalue weighted by molar-refractivity contribution is -0.106. The zero-order valence-corrected chi connectivity index (χ0v) is 24.3. The van der Waals surface area contributed by atoms with Crippen molar-refractivity contribution in [2.24, 2.45) is 0 Å². The molecule has 0 aromatic heterocycles. The molecule has 0 radical (unpaired) electrons. The topological polar surface area (TPSA) is 66.4 Å². The molecule has 3 aliphatic heterocycles. The average Bonchev–Trinajstić information content (AvgIpc) is 2.95. The maximum absolute atomic E-state index is 12.2. The van der Waals surface area contributed by atoms with E-state index in [2.05, 4.69) is 46.9 Å². The molecule has 1 N–H and O–H groups in total. The molecule has 7 heteroatoms. The average molecular weight is 643 g/mol. The van der Waals surface area contributed by atoms with Crippen molar-refractivity contribution in [1.82, 2.24) is 0 Å². The summed E-state index contributed by atoms with van der Waals surface area (Å²) in [5.41, 5.74) is 1.52. The van der Waals surface area contributed by atoms with Gasteiger partial charge in [-0.25, -0.2) is 0 Å². The molecule has 3 heterocycles. The number of ether oxygens (including phenoxy) is 5. The van der Waals surface area contributed by atoms with E-state index in [0.717, 1.165) is 77.7 Å². The van der Waals surface area contributed by atoms with Crippen molar-refractivity contribution >= 4 is 22.6 Å². The predicted octanol–water partition coefficient (Wildman–Crippen LogP) is 7.23. The molecule has 206 valence electrons. The van der Waals surface area contributed by atoms with Crippen molar-refractivity contribution in [2.45, 2.75) is 75.7 Å². The van der Waals surface area contributed by atoms with Gasteiger partial charge in [-0.15, -0.1) is 0 Å². The molecule has 0 aliphatic carbocycles. The number of rotatable bonds is 6. The van der Waals surface area contributed by atoms with Crippen molar-refractivity contribution in [3.63, 3.8) is 0 Å². The molecule has 0 amide bonds. The van der Waals surface area contributed by atoms with E-state index >= 15 is 0 Å². The molecule has 3 aromatic carbocycles. The summed E-state index contributed by atoms with van der Waals surface area (Å²) in [5, 5.41) is 12.2. The van der Waals surface area contributed by atoms with Gasteiger partial charge in [0.15, 0.2) is 12.6 Å². The minimum atomic E-state index is -1.20. The summed E-state index contributed by atoms with van der Waals surface area (Å²) in [6.07, 6.45) is 5.27. The van der Waals surface area contributed by atoms with Crippen molar-refractivity contribution in [3.05, 3.63) is 87.0 Å². The number of benzene rings is 3. The van der Waals surface area contributed by atoms with Crippen LogP contribution in [0.5, 0.6) is 17.2 Å². The third-order valence-electron chi connectivity index (χ3n) is 7.91. The van der Waals surface area contributed by atoms with Gasteiger partial charge in [0.1, 0.15) is 29.0 Å². The Kier molecular flexibility index (Phi) is 8.03. The fourth-order valence-corrected chi connectivity index (χ4v) is 6.20. The molecule has 0 spiro atoms. The molecule has 5 unspecified atom stereocenters. The standard InChI is InChI=1S/C32H35IO6/c1-32(34)26-17-16-25(38-29-7-3-5-19-36-29)20-27(26)39-31(22-8-12-23(33)13-9-22)30(32)21-10-14-24(15-11-21)37-28-6-2-4-18-35-28/h8-17,20,28-31,34H,2-7,18-19H2,1H3. The van der Waals surface area contributed by atoms with Crippen LogP contribution in [0.15, 0.2) is 66.7 Å². The highest BCUT2D eigenvalue weighted by Gasteiger charge is 2.47. The van der Waals surface area contributed by atoms with Crippen LogP contribution in [0, 0.1) is 3.57 Å². The van der Waals surface area contributed by atoms with Crippen LogP contribution < -0.4 is 14.2 Å². The zero-order chi connectivity index (χ0) is 26.8. The molecule has 3 aliphatic rings. The molecule has 6 rings (SSSR count). The molecule has 6 nitrogen and oxygen atoms in total. The Bertz CT molecular complexity index is 1250. The van der Waals surface area contributed by atoms with E-state index in [1.807, 2.05) is 49.4 Å². The lowest BCUT2D eigenvalue weighted by Crippen LogP contribution is -2.40. The quantitative estimate of drug-likeness (QED) is 0.287. The van der Waals surface area contributed by atoms with Crippen LogP contribution in [0.25, 0.3) is 0 Å². The third kappa shape index (κ3) is 5.92. The number of halogens is 1. The SMILES string of the molecule is CC1(O)c2ccc(OC3CCCCO3)cc2OC(c2ccc(I)cc2)C1c1ccc(OC2CCCCO2)cc1. The van der Waals surface area contributed by atoms with E-state index in [9.17, 15) is 5.11 Å². The Morgan fingerprint density at radius 3 is 1.97 bits per heavy atom. The highest BCUT2D eigenvalue weighted by atomic mass is 127. The van der Waals surface area contributed by atoms with E-state index in [1.165, 1.54) is 0 Å². The minimum Gasteiger partial charge on any atom is -0.484 e. The first kappa shape index (κ1) is 26.9.